The van der Waals surface area contributed by atoms with Crippen molar-refractivity contribution in [2.24, 2.45) is 17.8 Å². The van der Waals surface area contributed by atoms with Gasteiger partial charge in [0.1, 0.15) is 0 Å². The maximum atomic E-state index is 3.75. The molecule has 2 fully saturated rings. The van der Waals surface area contributed by atoms with Crippen molar-refractivity contribution in [1.82, 2.24) is 5.32 Å². The first-order valence-electron chi connectivity index (χ1n) is 9.15. The lowest BCUT2D eigenvalue weighted by molar-refractivity contribution is 0.299. The number of nitrogens with one attached hydrogen (secondary N) is 1. The van der Waals surface area contributed by atoms with Crippen LogP contribution in [0, 0.1) is 17.8 Å². The average molecular weight is 285 g/mol. The van der Waals surface area contributed by atoms with Gasteiger partial charge in [0, 0.05) is 6.04 Å². The van der Waals surface area contributed by atoms with E-state index in [1.165, 1.54) is 44.1 Å². The van der Waals surface area contributed by atoms with Gasteiger partial charge in [0.2, 0.25) is 0 Å². The van der Waals surface area contributed by atoms with Crippen molar-refractivity contribution in [3.8, 4) is 0 Å². The Balaban J connectivity index is 1.48. The van der Waals surface area contributed by atoms with Crippen molar-refractivity contribution in [3.63, 3.8) is 0 Å². The second-order valence-corrected chi connectivity index (χ2v) is 7.28. The molecule has 1 heteroatoms. The lowest BCUT2D eigenvalue weighted by atomic mass is 9.84. The van der Waals surface area contributed by atoms with Gasteiger partial charge in [-0.25, -0.2) is 0 Å². The number of hydrogen-bond donors (Lipinski definition) is 1. The molecule has 1 nitrogen and oxygen atoms in total. The SMILES string of the molecule is CCCNC(CCCC1CC2CCC1C2)c1ccccc1. The van der Waals surface area contributed by atoms with E-state index in [4.69, 9.17) is 0 Å². The molecule has 0 spiro atoms. The highest BCUT2D eigenvalue weighted by molar-refractivity contribution is 5.18. The molecule has 2 saturated carbocycles. The Bertz CT molecular complexity index is 413. The predicted molar refractivity (Wildman–Crippen MR) is 90.3 cm³/mol. The molecule has 1 aromatic rings. The first kappa shape index (κ1) is 15.1. The van der Waals surface area contributed by atoms with Crippen LogP contribution >= 0.6 is 0 Å². The van der Waals surface area contributed by atoms with Crippen LogP contribution in [0.2, 0.25) is 0 Å². The van der Waals surface area contributed by atoms with E-state index in [1.807, 2.05) is 0 Å². The zero-order chi connectivity index (χ0) is 14.5. The molecule has 2 aliphatic carbocycles. The Kier molecular flexibility index (Phi) is 5.35. The maximum Gasteiger partial charge on any atom is 0.0320 e. The minimum Gasteiger partial charge on any atom is -0.310 e. The minimum atomic E-state index is 0.560. The fraction of sp³-hybridized carbons (Fsp3) is 0.700. The number of benzene rings is 1. The van der Waals surface area contributed by atoms with Crippen molar-refractivity contribution >= 4 is 0 Å². The summed E-state index contributed by atoms with van der Waals surface area (Å²) in [7, 11) is 0. The highest BCUT2D eigenvalue weighted by Gasteiger charge is 2.38. The number of rotatable bonds is 8. The Morgan fingerprint density at radius 2 is 2.00 bits per heavy atom. The third kappa shape index (κ3) is 3.88. The molecule has 0 heterocycles. The summed E-state index contributed by atoms with van der Waals surface area (Å²) in [6, 6.07) is 11.6. The van der Waals surface area contributed by atoms with E-state index in [-0.39, 0.29) is 0 Å². The smallest absolute Gasteiger partial charge is 0.0320 e. The first-order valence-corrected chi connectivity index (χ1v) is 9.15. The molecule has 3 rings (SSSR count). The Hall–Kier alpha value is -0.820. The normalized spacial score (nSPS) is 28.9. The van der Waals surface area contributed by atoms with E-state index in [0.29, 0.717) is 6.04 Å². The van der Waals surface area contributed by atoms with E-state index in [1.54, 1.807) is 12.8 Å². The summed E-state index contributed by atoms with van der Waals surface area (Å²) in [4.78, 5) is 0. The molecule has 116 valence electrons. The second-order valence-electron chi connectivity index (χ2n) is 7.28. The summed E-state index contributed by atoms with van der Waals surface area (Å²) in [5, 5.41) is 3.75. The van der Waals surface area contributed by atoms with Crippen LogP contribution in [0.4, 0.5) is 0 Å². The summed E-state index contributed by atoms with van der Waals surface area (Å²) >= 11 is 0. The standard InChI is InChI=1S/C20H31N/c1-2-13-21-20(17-7-4-3-5-8-17)10-6-9-18-14-16-11-12-19(18)15-16/h3-5,7-8,16,18-21H,2,6,9-15H2,1H3. The van der Waals surface area contributed by atoms with Crippen LogP contribution in [0.5, 0.6) is 0 Å². The third-order valence-electron chi connectivity index (χ3n) is 5.79. The molecule has 0 saturated heterocycles. The minimum absolute atomic E-state index is 0.560. The third-order valence-corrected chi connectivity index (χ3v) is 5.79. The van der Waals surface area contributed by atoms with Crippen LogP contribution in [-0.2, 0) is 0 Å². The summed E-state index contributed by atoms with van der Waals surface area (Å²) < 4.78 is 0. The molecular formula is C20H31N. The molecule has 0 radical (unpaired) electrons. The van der Waals surface area contributed by atoms with Gasteiger partial charge in [-0.2, -0.15) is 0 Å². The number of hydrogen-bond acceptors (Lipinski definition) is 1. The number of fused-ring (bicyclic) bond motifs is 2. The molecule has 0 aliphatic heterocycles. The molecule has 1 aromatic carbocycles. The van der Waals surface area contributed by atoms with Gasteiger partial charge in [-0.1, -0.05) is 56.5 Å². The van der Waals surface area contributed by atoms with Gasteiger partial charge in [-0.05, 0) is 62.0 Å². The summed E-state index contributed by atoms with van der Waals surface area (Å²) in [5.41, 5.74) is 1.47. The highest BCUT2D eigenvalue weighted by Crippen LogP contribution is 2.50. The largest absolute Gasteiger partial charge is 0.310 e. The van der Waals surface area contributed by atoms with Gasteiger partial charge in [0.05, 0.1) is 0 Å². The van der Waals surface area contributed by atoms with E-state index < -0.39 is 0 Å². The van der Waals surface area contributed by atoms with Gasteiger partial charge in [0.25, 0.3) is 0 Å². The molecule has 21 heavy (non-hydrogen) atoms. The molecule has 4 atom stereocenters. The van der Waals surface area contributed by atoms with E-state index in [2.05, 4.69) is 42.6 Å². The molecule has 4 unspecified atom stereocenters. The predicted octanol–water partition coefficient (Wildman–Crippen LogP) is 5.33. The monoisotopic (exact) mass is 285 g/mol. The molecule has 1 N–H and O–H groups in total. The Morgan fingerprint density at radius 1 is 1.14 bits per heavy atom. The second kappa shape index (κ2) is 7.45. The first-order chi connectivity index (χ1) is 10.4. The summed E-state index contributed by atoms with van der Waals surface area (Å²) in [5.74, 6) is 3.25. The zero-order valence-electron chi connectivity index (χ0n) is 13.6. The van der Waals surface area contributed by atoms with Gasteiger partial charge in [0.15, 0.2) is 0 Å². The maximum absolute atomic E-state index is 3.75. The molecule has 2 aliphatic rings. The van der Waals surface area contributed by atoms with Crippen LogP contribution in [0.1, 0.15) is 69.9 Å². The van der Waals surface area contributed by atoms with E-state index in [0.717, 1.165) is 24.3 Å². The van der Waals surface area contributed by atoms with Gasteiger partial charge in [-0.3, -0.25) is 0 Å². The summed E-state index contributed by atoms with van der Waals surface area (Å²) in [6.07, 6.45) is 11.6. The lowest BCUT2D eigenvalue weighted by Gasteiger charge is -2.23. The Morgan fingerprint density at radius 3 is 2.67 bits per heavy atom. The van der Waals surface area contributed by atoms with Crippen LogP contribution in [0.15, 0.2) is 30.3 Å². The topological polar surface area (TPSA) is 12.0 Å². The zero-order valence-corrected chi connectivity index (χ0v) is 13.6. The van der Waals surface area contributed by atoms with Crippen LogP contribution < -0.4 is 5.32 Å². The van der Waals surface area contributed by atoms with Crippen molar-refractivity contribution < 1.29 is 0 Å². The van der Waals surface area contributed by atoms with Crippen molar-refractivity contribution in [1.29, 1.82) is 0 Å². The summed E-state index contributed by atoms with van der Waals surface area (Å²) in [6.45, 7) is 3.39. The van der Waals surface area contributed by atoms with Gasteiger partial charge < -0.3 is 5.32 Å². The Labute approximate surface area is 130 Å². The average Bonchev–Trinajstić information content (AvgIpc) is 3.14. The highest BCUT2D eigenvalue weighted by atomic mass is 14.9. The molecule has 0 amide bonds. The van der Waals surface area contributed by atoms with Crippen LogP contribution in [-0.4, -0.2) is 6.54 Å². The van der Waals surface area contributed by atoms with Crippen molar-refractivity contribution in [2.75, 3.05) is 6.54 Å². The van der Waals surface area contributed by atoms with Crippen molar-refractivity contribution in [3.05, 3.63) is 35.9 Å². The molecule has 0 aromatic heterocycles. The quantitative estimate of drug-likeness (QED) is 0.680. The lowest BCUT2D eigenvalue weighted by Crippen LogP contribution is -2.22. The van der Waals surface area contributed by atoms with Crippen molar-refractivity contribution in [2.45, 2.75) is 64.3 Å². The molecular weight excluding hydrogens is 254 g/mol. The van der Waals surface area contributed by atoms with Gasteiger partial charge in [-0.15, -0.1) is 0 Å². The molecule has 2 bridgehead atoms. The van der Waals surface area contributed by atoms with Crippen LogP contribution in [0.25, 0.3) is 0 Å². The van der Waals surface area contributed by atoms with E-state index >= 15 is 0 Å². The fourth-order valence-corrected chi connectivity index (χ4v) is 4.70. The fourth-order valence-electron chi connectivity index (χ4n) is 4.70. The van der Waals surface area contributed by atoms with E-state index in [9.17, 15) is 0 Å². The van der Waals surface area contributed by atoms with Crippen LogP contribution in [0.3, 0.4) is 0 Å². The van der Waals surface area contributed by atoms with Gasteiger partial charge >= 0.3 is 0 Å².